The molecule has 5 nitrogen and oxygen atoms in total. The lowest BCUT2D eigenvalue weighted by Crippen LogP contribution is -2.23. The van der Waals surface area contributed by atoms with Crippen molar-refractivity contribution in [2.24, 2.45) is 0 Å². The van der Waals surface area contributed by atoms with Gasteiger partial charge in [0.1, 0.15) is 0 Å². The van der Waals surface area contributed by atoms with E-state index < -0.39 is 0 Å². The van der Waals surface area contributed by atoms with Gasteiger partial charge in [-0.15, -0.1) is 0 Å². The molecule has 0 aliphatic carbocycles. The molecule has 0 N–H and O–H groups in total. The molecule has 1 aliphatic rings. The standard InChI is InChI=1S/C12H15N5/c1-10-3-6-13-12(15-10)16-8-4-11(9-16)17-7-2-5-14-17/h2-3,5-7,11H,4,8-9H2,1H3. The van der Waals surface area contributed by atoms with Crippen LogP contribution in [0.2, 0.25) is 0 Å². The Morgan fingerprint density at radius 3 is 3.06 bits per heavy atom. The van der Waals surface area contributed by atoms with Gasteiger partial charge in [0.15, 0.2) is 0 Å². The van der Waals surface area contributed by atoms with Crippen LogP contribution in [0.4, 0.5) is 5.95 Å². The van der Waals surface area contributed by atoms with Gasteiger partial charge in [-0.2, -0.15) is 5.10 Å². The van der Waals surface area contributed by atoms with E-state index in [0.29, 0.717) is 6.04 Å². The Morgan fingerprint density at radius 1 is 1.35 bits per heavy atom. The number of rotatable bonds is 2. The lowest BCUT2D eigenvalue weighted by Gasteiger charge is -2.16. The van der Waals surface area contributed by atoms with Crippen LogP contribution >= 0.6 is 0 Å². The summed E-state index contributed by atoms with van der Waals surface area (Å²) in [7, 11) is 0. The summed E-state index contributed by atoms with van der Waals surface area (Å²) in [5.74, 6) is 0.833. The van der Waals surface area contributed by atoms with Crippen LogP contribution in [-0.4, -0.2) is 32.8 Å². The molecule has 3 heterocycles. The molecular formula is C12H15N5. The highest BCUT2D eigenvalue weighted by Crippen LogP contribution is 2.23. The second kappa shape index (κ2) is 4.16. The molecular weight excluding hydrogens is 214 g/mol. The summed E-state index contributed by atoms with van der Waals surface area (Å²) in [6, 6.07) is 4.32. The summed E-state index contributed by atoms with van der Waals surface area (Å²) >= 11 is 0. The second-order valence-electron chi connectivity index (χ2n) is 4.37. The molecule has 5 heteroatoms. The van der Waals surface area contributed by atoms with Crippen molar-refractivity contribution in [3.8, 4) is 0 Å². The summed E-state index contributed by atoms with van der Waals surface area (Å²) in [5.41, 5.74) is 1.01. The summed E-state index contributed by atoms with van der Waals surface area (Å²) in [4.78, 5) is 11.0. The highest BCUT2D eigenvalue weighted by Gasteiger charge is 2.25. The fourth-order valence-electron chi connectivity index (χ4n) is 2.22. The normalized spacial score (nSPS) is 19.8. The van der Waals surface area contributed by atoms with Crippen LogP contribution in [0.25, 0.3) is 0 Å². The van der Waals surface area contributed by atoms with Crippen LogP contribution < -0.4 is 4.90 Å². The van der Waals surface area contributed by atoms with Crippen molar-refractivity contribution in [1.82, 2.24) is 19.7 Å². The van der Waals surface area contributed by atoms with Gasteiger partial charge in [0, 0.05) is 37.4 Å². The Kier molecular flexibility index (Phi) is 2.51. The van der Waals surface area contributed by atoms with Crippen molar-refractivity contribution in [3.05, 3.63) is 36.4 Å². The van der Waals surface area contributed by atoms with Gasteiger partial charge in [0.05, 0.1) is 6.04 Å². The Hall–Kier alpha value is -1.91. The molecule has 2 aromatic heterocycles. The minimum atomic E-state index is 0.439. The molecule has 0 amide bonds. The van der Waals surface area contributed by atoms with Crippen LogP contribution in [0, 0.1) is 6.92 Å². The lowest BCUT2D eigenvalue weighted by atomic mass is 10.3. The predicted molar refractivity (Wildman–Crippen MR) is 64.9 cm³/mol. The maximum atomic E-state index is 4.46. The van der Waals surface area contributed by atoms with E-state index in [1.54, 1.807) is 0 Å². The van der Waals surface area contributed by atoms with E-state index in [4.69, 9.17) is 0 Å². The SMILES string of the molecule is Cc1ccnc(N2CCC(n3cccn3)C2)n1. The molecule has 0 saturated carbocycles. The molecule has 1 fully saturated rings. The maximum absolute atomic E-state index is 4.46. The molecule has 0 spiro atoms. The van der Waals surface area contributed by atoms with Crippen molar-refractivity contribution in [1.29, 1.82) is 0 Å². The van der Waals surface area contributed by atoms with Crippen LogP contribution in [0.3, 0.4) is 0 Å². The number of hydrogen-bond acceptors (Lipinski definition) is 4. The first-order valence-electron chi connectivity index (χ1n) is 5.86. The van der Waals surface area contributed by atoms with E-state index in [1.807, 2.05) is 42.3 Å². The minimum absolute atomic E-state index is 0.439. The smallest absolute Gasteiger partial charge is 0.225 e. The van der Waals surface area contributed by atoms with E-state index in [9.17, 15) is 0 Å². The molecule has 17 heavy (non-hydrogen) atoms. The third-order valence-corrected chi connectivity index (χ3v) is 3.13. The average molecular weight is 229 g/mol. The number of hydrogen-bond donors (Lipinski definition) is 0. The summed E-state index contributed by atoms with van der Waals surface area (Å²) in [6.07, 6.45) is 6.76. The van der Waals surface area contributed by atoms with E-state index in [1.165, 1.54) is 0 Å². The van der Waals surface area contributed by atoms with Crippen molar-refractivity contribution >= 4 is 5.95 Å². The summed E-state index contributed by atoms with van der Waals surface area (Å²) in [5, 5.41) is 4.29. The molecule has 1 atom stereocenters. The molecule has 0 aromatic carbocycles. The van der Waals surface area contributed by atoms with Crippen molar-refractivity contribution in [2.45, 2.75) is 19.4 Å². The fraction of sp³-hybridized carbons (Fsp3) is 0.417. The first-order valence-corrected chi connectivity index (χ1v) is 5.86. The first-order chi connectivity index (χ1) is 8.33. The largest absolute Gasteiger partial charge is 0.339 e. The molecule has 1 aliphatic heterocycles. The average Bonchev–Trinajstić information content (AvgIpc) is 3.00. The Balaban J connectivity index is 1.76. The number of aromatic nitrogens is 4. The van der Waals surface area contributed by atoms with Crippen LogP contribution in [-0.2, 0) is 0 Å². The number of anilines is 1. The van der Waals surface area contributed by atoms with Gasteiger partial charge in [-0.3, -0.25) is 4.68 Å². The molecule has 1 saturated heterocycles. The van der Waals surface area contributed by atoms with Crippen LogP contribution in [0.1, 0.15) is 18.2 Å². The van der Waals surface area contributed by atoms with E-state index in [-0.39, 0.29) is 0 Å². The molecule has 0 radical (unpaired) electrons. The predicted octanol–water partition coefficient (Wildman–Crippen LogP) is 1.43. The summed E-state index contributed by atoms with van der Waals surface area (Å²) < 4.78 is 2.02. The zero-order valence-corrected chi connectivity index (χ0v) is 9.82. The van der Waals surface area contributed by atoms with Gasteiger partial charge in [-0.1, -0.05) is 0 Å². The quantitative estimate of drug-likeness (QED) is 0.781. The molecule has 3 rings (SSSR count). The minimum Gasteiger partial charge on any atom is -0.339 e. The van der Waals surface area contributed by atoms with E-state index in [0.717, 1.165) is 31.2 Å². The number of aryl methyl sites for hydroxylation is 1. The van der Waals surface area contributed by atoms with Gasteiger partial charge in [-0.25, -0.2) is 9.97 Å². The maximum Gasteiger partial charge on any atom is 0.225 e. The third-order valence-electron chi connectivity index (χ3n) is 3.13. The lowest BCUT2D eigenvalue weighted by molar-refractivity contribution is 0.494. The van der Waals surface area contributed by atoms with E-state index >= 15 is 0 Å². The van der Waals surface area contributed by atoms with Crippen molar-refractivity contribution < 1.29 is 0 Å². The monoisotopic (exact) mass is 229 g/mol. The van der Waals surface area contributed by atoms with Gasteiger partial charge < -0.3 is 4.90 Å². The fourth-order valence-corrected chi connectivity index (χ4v) is 2.22. The highest BCUT2D eigenvalue weighted by atomic mass is 15.3. The molecule has 1 unspecified atom stereocenters. The summed E-state index contributed by atoms with van der Waals surface area (Å²) in [6.45, 7) is 3.92. The number of nitrogens with zero attached hydrogens (tertiary/aromatic N) is 5. The third kappa shape index (κ3) is 2.00. The molecule has 88 valence electrons. The Labute approximate surface area is 100 Å². The molecule has 2 aromatic rings. The highest BCUT2D eigenvalue weighted by molar-refractivity contribution is 5.32. The topological polar surface area (TPSA) is 46.8 Å². The van der Waals surface area contributed by atoms with Gasteiger partial charge in [0.25, 0.3) is 0 Å². The van der Waals surface area contributed by atoms with Gasteiger partial charge in [0.2, 0.25) is 5.95 Å². The zero-order valence-electron chi connectivity index (χ0n) is 9.82. The Bertz CT molecular complexity index is 493. The Morgan fingerprint density at radius 2 is 2.29 bits per heavy atom. The first kappa shape index (κ1) is 10.3. The van der Waals surface area contributed by atoms with Crippen molar-refractivity contribution in [2.75, 3.05) is 18.0 Å². The van der Waals surface area contributed by atoms with E-state index in [2.05, 4.69) is 20.0 Å². The van der Waals surface area contributed by atoms with Crippen LogP contribution in [0.15, 0.2) is 30.7 Å². The molecule has 0 bridgehead atoms. The van der Waals surface area contributed by atoms with Crippen molar-refractivity contribution in [3.63, 3.8) is 0 Å². The van der Waals surface area contributed by atoms with Gasteiger partial charge >= 0.3 is 0 Å². The van der Waals surface area contributed by atoms with Gasteiger partial charge in [-0.05, 0) is 25.5 Å². The van der Waals surface area contributed by atoms with Crippen LogP contribution in [0.5, 0.6) is 0 Å². The second-order valence-corrected chi connectivity index (χ2v) is 4.37. The zero-order chi connectivity index (χ0) is 11.7.